The summed E-state index contributed by atoms with van der Waals surface area (Å²) in [6.07, 6.45) is 5.46. The van der Waals surface area contributed by atoms with E-state index in [1.807, 2.05) is 0 Å². The van der Waals surface area contributed by atoms with Crippen LogP contribution >= 0.6 is 0 Å². The lowest BCUT2D eigenvalue weighted by Crippen LogP contribution is -1.98. The van der Waals surface area contributed by atoms with Gasteiger partial charge in [0, 0.05) is 12.8 Å². The Morgan fingerprint density at radius 2 is 2.38 bits per heavy atom. The van der Waals surface area contributed by atoms with Crippen molar-refractivity contribution in [3.05, 3.63) is 11.1 Å². The minimum Gasteiger partial charge on any atom is -0.295 e. The predicted octanol–water partition coefficient (Wildman–Crippen LogP) is 2.36. The molecule has 68 valence electrons. The van der Waals surface area contributed by atoms with Gasteiger partial charge in [0.25, 0.3) is 0 Å². The Balaban J connectivity index is 2.17. The van der Waals surface area contributed by atoms with Crippen LogP contribution in [0.4, 0.5) is 0 Å². The normalized spacial score (nSPS) is 26.4. The van der Waals surface area contributed by atoms with E-state index in [0.717, 1.165) is 18.4 Å². The van der Waals surface area contributed by atoms with Gasteiger partial charge in [0.2, 0.25) is 0 Å². The molecule has 0 aromatic rings. The summed E-state index contributed by atoms with van der Waals surface area (Å²) in [6, 6.07) is 2.11. The summed E-state index contributed by atoms with van der Waals surface area (Å²) < 4.78 is 0. The number of allylic oxidation sites excluding steroid dienone is 2. The molecule has 1 unspecified atom stereocenters. The van der Waals surface area contributed by atoms with Gasteiger partial charge in [-0.15, -0.1) is 0 Å². The molecule has 0 aromatic carbocycles. The molecule has 0 heterocycles. The molecule has 13 heavy (non-hydrogen) atoms. The van der Waals surface area contributed by atoms with Gasteiger partial charge in [-0.2, -0.15) is 5.26 Å². The van der Waals surface area contributed by atoms with Crippen LogP contribution in [0.3, 0.4) is 0 Å². The number of carbonyl (C=O) groups excluding carboxylic acids is 1. The van der Waals surface area contributed by atoms with Gasteiger partial charge in [0.1, 0.15) is 0 Å². The Labute approximate surface area is 78.2 Å². The summed E-state index contributed by atoms with van der Waals surface area (Å²) in [6.45, 7) is 0. The fourth-order valence-corrected chi connectivity index (χ4v) is 2.55. The topological polar surface area (TPSA) is 40.9 Å². The summed E-state index contributed by atoms with van der Waals surface area (Å²) in [5.74, 6) is 0.871. The van der Waals surface area contributed by atoms with E-state index < -0.39 is 0 Å². The van der Waals surface area contributed by atoms with Crippen LogP contribution in [0.25, 0.3) is 0 Å². The van der Waals surface area contributed by atoms with Crippen molar-refractivity contribution < 1.29 is 4.79 Å². The van der Waals surface area contributed by atoms with Crippen molar-refractivity contribution in [2.24, 2.45) is 5.92 Å². The lowest BCUT2D eigenvalue weighted by molar-refractivity contribution is -0.115. The van der Waals surface area contributed by atoms with Crippen molar-refractivity contribution >= 4 is 5.78 Å². The lowest BCUT2D eigenvalue weighted by atomic mass is 10.0. The zero-order valence-electron chi connectivity index (χ0n) is 7.68. The maximum atomic E-state index is 11.5. The van der Waals surface area contributed by atoms with Crippen LogP contribution in [0.5, 0.6) is 0 Å². The van der Waals surface area contributed by atoms with E-state index in [2.05, 4.69) is 6.07 Å². The summed E-state index contributed by atoms with van der Waals surface area (Å²) in [4.78, 5) is 11.5. The smallest absolute Gasteiger partial charge is 0.159 e. The van der Waals surface area contributed by atoms with Gasteiger partial charge in [-0.25, -0.2) is 0 Å². The monoisotopic (exact) mass is 175 g/mol. The minimum atomic E-state index is 0.315. The van der Waals surface area contributed by atoms with Gasteiger partial charge >= 0.3 is 0 Å². The van der Waals surface area contributed by atoms with Crippen molar-refractivity contribution in [2.45, 2.75) is 38.5 Å². The van der Waals surface area contributed by atoms with Crippen LogP contribution in [-0.2, 0) is 4.79 Å². The number of carbonyl (C=O) groups is 1. The third kappa shape index (κ3) is 1.39. The second kappa shape index (κ2) is 3.33. The van der Waals surface area contributed by atoms with Gasteiger partial charge in [-0.1, -0.05) is 5.57 Å². The maximum Gasteiger partial charge on any atom is 0.159 e. The number of hydrogen-bond acceptors (Lipinski definition) is 2. The highest BCUT2D eigenvalue weighted by molar-refractivity contribution is 5.99. The number of hydrogen-bond donors (Lipinski definition) is 0. The third-order valence-corrected chi connectivity index (χ3v) is 3.13. The molecular formula is C11H13NO. The summed E-state index contributed by atoms with van der Waals surface area (Å²) in [7, 11) is 0. The Morgan fingerprint density at radius 1 is 1.54 bits per heavy atom. The molecule has 0 bridgehead atoms. The van der Waals surface area contributed by atoms with Crippen molar-refractivity contribution in [3.8, 4) is 6.07 Å². The number of nitrogens with zero attached hydrogens (tertiary/aromatic N) is 1. The summed E-state index contributed by atoms with van der Waals surface area (Å²) >= 11 is 0. The van der Waals surface area contributed by atoms with Crippen LogP contribution in [0.2, 0.25) is 0 Å². The standard InChI is InChI=1S/C11H13NO/c12-6-2-5-10-9-4-1-3-8(9)7-11(10)13/h8H,1-5,7H2. The molecule has 0 radical (unpaired) electrons. The SMILES string of the molecule is N#CCCC1=C2CCCC2CC1=O. The van der Waals surface area contributed by atoms with Gasteiger partial charge in [0.05, 0.1) is 6.07 Å². The first kappa shape index (κ1) is 8.50. The molecule has 2 heteroatoms. The van der Waals surface area contributed by atoms with Crippen LogP contribution in [0.1, 0.15) is 38.5 Å². The van der Waals surface area contributed by atoms with E-state index in [1.165, 1.54) is 18.4 Å². The largest absolute Gasteiger partial charge is 0.295 e. The molecule has 0 aliphatic heterocycles. The van der Waals surface area contributed by atoms with Gasteiger partial charge in [0.15, 0.2) is 5.78 Å². The fourth-order valence-electron chi connectivity index (χ4n) is 2.55. The number of nitriles is 1. The lowest BCUT2D eigenvalue weighted by Gasteiger charge is -2.00. The molecule has 0 N–H and O–H groups in total. The molecule has 2 nitrogen and oxygen atoms in total. The van der Waals surface area contributed by atoms with E-state index in [4.69, 9.17) is 5.26 Å². The van der Waals surface area contributed by atoms with Gasteiger partial charge < -0.3 is 0 Å². The first-order chi connectivity index (χ1) is 6.33. The average molecular weight is 175 g/mol. The highest BCUT2D eigenvalue weighted by Crippen LogP contribution is 2.42. The van der Waals surface area contributed by atoms with Gasteiger partial charge in [-0.05, 0) is 37.2 Å². The average Bonchev–Trinajstić information content (AvgIpc) is 2.62. The molecule has 1 saturated carbocycles. The molecular weight excluding hydrogens is 162 g/mol. The second-order valence-corrected chi connectivity index (χ2v) is 3.88. The Hall–Kier alpha value is -1.10. The first-order valence-corrected chi connectivity index (χ1v) is 4.95. The van der Waals surface area contributed by atoms with Gasteiger partial charge in [-0.3, -0.25) is 4.79 Å². The van der Waals surface area contributed by atoms with Crippen molar-refractivity contribution in [3.63, 3.8) is 0 Å². The highest BCUT2D eigenvalue weighted by Gasteiger charge is 2.34. The van der Waals surface area contributed by atoms with Crippen molar-refractivity contribution in [1.29, 1.82) is 5.26 Å². The van der Waals surface area contributed by atoms with E-state index in [1.54, 1.807) is 0 Å². The number of fused-ring (bicyclic) bond motifs is 1. The zero-order valence-corrected chi connectivity index (χ0v) is 7.68. The van der Waals surface area contributed by atoms with Crippen LogP contribution < -0.4 is 0 Å². The molecule has 2 aliphatic rings. The molecule has 1 fully saturated rings. The summed E-state index contributed by atoms with van der Waals surface area (Å²) in [5.41, 5.74) is 2.39. The molecule has 0 spiro atoms. The molecule has 0 aromatic heterocycles. The molecule has 1 atom stereocenters. The number of rotatable bonds is 2. The van der Waals surface area contributed by atoms with Crippen LogP contribution in [0.15, 0.2) is 11.1 Å². The molecule has 2 aliphatic carbocycles. The minimum absolute atomic E-state index is 0.315. The Bertz CT molecular complexity index is 309. The van der Waals surface area contributed by atoms with Crippen molar-refractivity contribution in [2.75, 3.05) is 0 Å². The zero-order chi connectivity index (χ0) is 9.26. The molecule has 0 saturated heterocycles. The van der Waals surface area contributed by atoms with Crippen LogP contribution in [-0.4, -0.2) is 5.78 Å². The van der Waals surface area contributed by atoms with Crippen LogP contribution in [0, 0.1) is 17.2 Å². The first-order valence-electron chi connectivity index (χ1n) is 4.95. The molecule has 0 amide bonds. The maximum absolute atomic E-state index is 11.5. The Morgan fingerprint density at radius 3 is 3.15 bits per heavy atom. The van der Waals surface area contributed by atoms with E-state index in [0.29, 0.717) is 24.5 Å². The Kier molecular flexibility index (Phi) is 2.18. The quantitative estimate of drug-likeness (QED) is 0.646. The predicted molar refractivity (Wildman–Crippen MR) is 48.8 cm³/mol. The third-order valence-electron chi connectivity index (χ3n) is 3.13. The second-order valence-electron chi connectivity index (χ2n) is 3.88. The number of Topliss-reactive ketones (excluding diaryl/α,β-unsaturated/α-hetero) is 1. The van der Waals surface area contributed by atoms with E-state index in [9.17, 15) is 4.79 Å². The van der Waals surface area contributed by atoms with E-state index >= 15 is 0 Å². The fraction of sp³-hybridized carbons (Fsp3) is 0.636. The molecule has 2 rings (SSSR count). The number of ketones is 1. The van der Waals surface area contributed by atoms with E-state index in [-0.39, 0.29) is 0 Å². The highest BCUT2D eigenvalue weighted by atomic mass is 16.1. The van der Waals surface area contributed by atoms with Crippen molar-refractivity contribution in [1.82, 2.24) is 0 Å². The summed E-state index contributed by atoms with van der Waals surface area (Å²) in [5, 5.41) is 8.47.